The standard InChI is InChI=1S/C43H45N7O7Si/c1-28-41(58(2,3)56)39(21-22-47-26-37(44-46-47)34(27-51)30-12-6-4-7-13-30)57-43(28)35-24-33(50(54)55)17-19-38(35)48(42(43)53)25-29-11-10-16-32(23-29)49-40(52)20-18-36(45-49)31-14-8-5-9-15-31/h4-17,19,23-24,26,28,34,39,41,51,56H,18,20-22,25,27H2,1-3H3/t28-,34?,39+,41-,43+/m0/s1. The zero-order chi connectivity index (χ0) is 40.8. The SMILES string of the molecule is C[C@H]1[C@H]([Si](C)(C)O)[C@@H](CCn2cc(C(CO)c3ccccc3)nn2)O[C@]12C(=O)N(Cc1cccc(N3N=C(c4ccccc4)CCC3=O)c1)c1ccc([N+](=O)[O-])cc12. The number of carbonyl (C=O) groups is 2. The predicted octanol–water partition coefficient (Wildman–Crippen LogP) is 6.28. The van der Waals surface area contributed by atoms with Crippen molar-refractivity contribution in [3.8, 4) is 0 Å². The van der Waals surface area contributed by atoms with E-state index >= 15 is 4.79 Å². The monoisotopic (exact) mass is 799 g/mol. The minimum atomic E-state index is -3.05. The number of benzene rings is 4. The van der Waals surface area contributed by atoms with Crippen molar-refractivity contribution in [2.75, 3.05) is 16.5 Å². The molecule has 4 heterocycles. The zero-order valence-corrected chi connectivity index (χ0v) is 33.5. The molecule has 1 aromatic heterocycles. The van der Waals surface area contributed by atoms with Crippen LogP contribution in [0.1, 0.15) is 60.1 Å². The number of hydrogen-bond donors (Lipinski definition) is 2. The summed E-state index contributed by atoms with van der Waals surface area (Å²) in [5, 5.41) is 37.2. The zero-order valence-electron chi connectivity index (χ0n) is 32.5. The van der Waals surface area contributed by atoms with E-state index in [0.29, 0.717) is 48.4 Å². The molecule has 58 heavy (non-hydrogen) atoms. The smallest absolute Gasteiger partial charge is 0.269 e. The van der Waals surface area contributed by atoms with Gasteiger partial charge in [-0.05, 0) is 54.4 Å². The minimum Gasteiger partial charge on any atom is -0.432 e. The molecular weight excluding hydrogens is 755 g/mol. The quantitative estimate of drug-likeness (QED) is 0.0836. The Morgan fingerprint density at radius 2 is 1.72 bits per heavy atom. The lowest BCUT2D eigenvalue weighted by Gasteiger charge is -2.32. The number of aliphatic hydroxyl groups excluding tert-OH is 1. The number of nitro benzene ring substituents is 1. The molecule has 2 amide bonds. The van der Waals surface area contributed by atoms with Gasteiger partial charge in [0.1, 0.15) is 0 Å². The highest BCUT2D eigenvalue weighted by Crippen LogP contribution is 2.60. The maximum atomic E-state index is 15.1. The molecule has 5 atom stereocenters. The second kappa shape index (κ2) is 15.5. The van der Waals surface area contributed by atoms with Crippen molar-refractivity contribution >= 4 is 42.9 Å². The van der Waals surface area contributed by atoms with Gasteiger partial charge in [0.25, 0.3) is 11.6 Å². The summed E-state index contributed by atoms with van der Waals surface area (Å²) in [5.41, 5.74) is 3.21. The topological polar surface area (TPSA) is 177 Å². The minimum absolute atomic E-state index is 0.0943. The number of amides is 2. The number of nitro groups is 1. The number of aliphatic hydroxyl groups is 1. The van der Waals surface area contributed by atoms with Crippen molar-refractivity contribution in [1.29, 1.82) is 0 Å². The Kier molecular flexibility index (Phi) is 10.4. The van der Waals surface area contributed by atoms with E-state index in [1.54, 1.807) is 27.9 Å². The van der Waals surface area contributed by atoms with Crippen LogP contribution in [0.2, 0.25) is 18.6 Å². The molecule has 1 unspecified atom stereocenters. The molecular formula is C43H45N7O7Si. The Balaban J connectivity index is 1.10. The fourth-order valence-corrected chi connectivity index (χ4v) is 11.7. The fraction of sp³-hybridized carbons (Fsp3) is 0.326. The first-order valence-corrected chi connectivity index (χ1v) is 22.5. The number of carbonyl (C=O) groups excluding carboxylic acids is 2. The number of hydrazone groups is 1. The molecule has 0 radical (unpaired) electrons. The highest BCUT2D eigenvalue weighted by Gasteiger charge is 2.66. The molecule has 14 nitrogen and oxygen atoms in total. The molecule has 298 valence electrons. The highest BCUT2D eigenvalue weighted by molar-refractivity contribution is 6.71. The third-order valence-corrected chi connectivity index (χ3v) is 14.3. The van der Waals surface area contributed by atoms with Crippen LogP contribution in [0.25, 0.3) is 0 Å². The molecule has 0 aliphatic carbocycles. The van der Waals surface area contributed by atoms with Gasteiger partial charge in [-0.3, -0.25) is 24.4 Å². The van der Waals surface area contributed by atoms with Crippen LogP contribution >= 0.6 is 0 Å². The molecule has 1 fully saturated rings. The summed E-state index contributed by atoms with van der Waals surface area (Å²) in [6.45, 7) is 5.85. The van der Waals surface area contributed by atoms with Gasteiger partial charge >= 0.3 is 0 Å². The Labute approximate surface area is 336 Å². The van der Waals surface area contributed by atoms with Gasteiger partial charge in [0.2, 0.25) is 5.91 Å². The lowest BCUT2D eigenvalue weighted by molar-refractivity contribution is -0.385. The van der Waals surface area contributed by atoms with E-state index < -0.39 is 36.4 Å². The van der Waals surface area contributed by atoms with E-state index in [1.165, 1.54) is 17.1 Å². The third-order valence-electron chi connectivity index (χ3n) is 11.8. The number of fused-ring (bicyclic) bond motifs is 2. The van der Waals surface area contributed by atoms with Gasteiger partial charge in [0.15, 0.2) is 13.9 Å². The van der Waals surface area contributed by atoms with Crippen molar-refractivity contribution in [3.63, 3.8) is 0 Å². The number of anilines is 2. The molecule has 4 aromatic carbocycles. The number of ether oxygens (including phenoxy) is 1. The largest absolute Gasteiger partial charge is 0.432 e. The van der Waals surface area contributed by atoms with Gasteiger partial charge in [0, 0.05) is 54.7 Å². The van der Waals surface area contributed by atoms with Crippen molar-refractivity contribution < 1.29 is 29.2 Å². The average molecular weight is 800 g/mol. The Morgan fingerprint density at radius 1 is 0.983 bits per heavy atom. The van der Waals surface area contributed by atoms with Crippen LogP contribution in [0.3, 0.4) is 0 Å². The molecule has 1 spiro atoms. The Bertz CT molecular complexity index is 2390. The molecule has 0 saturated carbocycles. The molecule has 0 bridgehead atoms. The Hall–Kier alpha value is -5.87. The van der Waals surface area contributed by atoms with E-state index in [1.807, 2.05) is 98.9 Å². The highest BCUT2D eigenvalue weighted by atomic mass is 28.4. The van der Waals surface area contributed by atoms with Crippen molar-refractivity contribution in [3.05, 3.63) is 147 Å². The molecule has 3 aliphatic heterocycles. The van der Waals surface area contributed by atoms with E-state index in [-0.39, 0.29) is 36.6 Å². The van der Waals surface area contributed by atoms with Crippen LogP contribution < -0.4 is 9.91 Å². The maximum absolute atomic E-state index is 15.1. The van der Waals surface area contributed by atoms with Gasteiger partial charge < -0.3 is 19.5 Å². The Morgan fingerprint density at radius 3 is 2.43 bits per heavy atom. The van der Waals surface area contributed by atoms with Gasteiger partial charge in [0.05, 0.1) is 52.9 Å². The van der Waals surface area contributed by atoms with Crippen LogP contribution in [0.15, 0.2) is 114 Å². The molecule has 3 aliphatic rings. The number of non-ortho nitro benzene ring substituents is 1. The predicted molar refractivity (Wildman–Crippen MR) is 220 cm³/mol. The molecule has 2 N–H and O–H groups in total. The number of aromatic nitrogens is 3. The average Bonchev–Trinajstić information content (AvgIpc) is 3.88. The summed E-state index contributed by atoms with van der Waals surface area (Å²) >= 11 is 0. The fourth-order valence-electron chi connectivity index (χ4n) is 9.06. The normalized spacial score (nSPS) is 22.4. The first kappa shape index (κ1) is 39.0. The van der Waals surface area contributed by atoms with Crippen LogP contribution in [-0.4, -0.2) is 68.4 Å². The summed E-state index contributed by atoms with van der Waals surface area (Å²) in [5.74, 6) is -1.42. The molecule has 15 heteroatoms. The molecule has 5 aromatic rings. The summed E-state index contributed by atoms with van der Waals surface area (Å²) in [4.78, 5) is 53.3. The first-order valence-electron chi connectivity index (χ1n) is 19.5. The number of aryl methyl sites for hydroxylation is 1. The first-order chi connectivity index (χ1) is 27.9. The van der Waals surface area contributed by atoms with Crippen LogP contribution in [0.4, 0.5) is 17.1 Å². The van der Waals surface area contributed by atoms with E-state index in [4.69, 9.17) is 9.84 Å². The number of rotatable bonds is 12. The van der Waals surface area contributed by atoms with Gasteiger partial charge in [-0.15, -0.1) is 5.10 Å². The van der Waals surface area contributed by atoms with E-state index in [9.17, 15) is 24.8 Å². The summed E-state index contributed by atoms with van der Waals surface area (Å²) in [6.07, 6.45) is 2.39. The van der Waals surface area contributed by atoms with Gasteiger partial charge in [-0.25, -0.2) is 5.01 Å². The lowest BCUT2D eigenvalue weighted by atomic mass is 9.82. The third kappa shape index (κ3) is 7.04. The number of hydrogen-bond acceptors (Lipinski definition) is 10. The van der Waals surface area contributed by atoms with E-state index in [0.717, 1.165) is 22.4 Å². The second-order valence-corrected chi connectivity index (χ2v) is 19.8. The summed E-state index contributed by atoms with van der Waals surface area (Å²) in [6, 6.07) is 31.0. The summed E-state index contributed by atoms with van der Waals surface area (Å²) < 4.78 is 8.62. The molecule has 1 saturated heterocycles. The second-order valence-electron chi connectivity index (χ2n) is 15.8. The van der Waals surface area contributed by atoms with Crippen molar-refractivity contribution in [1.82, 2.24) is 15.0 Å². The maximum Gasteiger partial charge on any atom is 0.269 e. The van der Waals surface area contributed by atoms with Crippen LogP contribution in [0, 0.1) is 16.0 Å². The molecule has 8 rings (SSSR count). The van der Waals surface area contributed by atoms with Crippen molar-refractivity contribution in [2.24, 2.45) is 11.0 Å². The van der Waals surface area contributed by atoms with Crippen LogP contribution in [-0.2, 0) is 33.0 Å². The van der Waals surface area contributed by atoms with Crippen molar-refractivity contribution in [2.45, 2.75) is 75.5 Å². The number of nitrogens with zero attached hydrogens (tertiary/aromatic N) is 7. The van der Waals surface area contributed by atoms with E-state index in [2.05, 4.69) is 10.3 Å². The van der Waals surface area contributed by atoms with Gasteiger partial charge in [-0.1, -0.05) is 84.9 Å². The lowest BCUT2D eigenvalue weighted by Crippen LogP contribution is -2.46. The van der Waals surface area contributed by atoms with Crippen LogP contribution in [0.5, 0.6) is 0 Å². The van der Waals surface area contributed by atoms with Gasteiger partial charge in [-0.2, -0.15) is 5.10 Å². The summed E-state index contributed by atoms with van der Waals surface area (Å²) in [7, 11) is -3.05.